The maximum absolute atomic E-state index is 11.0. The maximum atomic E-state index is 11.0. The Labute approximate surface area is 143 Å². The first-order valence-corrected chi connectivity index (χ1v) is 7.80. The van der Waals surface area contributed by atoms with Gasteiger partial charge in [0, 0.05) is 42.3 Å². The number of hydrogen-bond donors (Lipinski definition) is 1. The Morgan fingerprint density at radius 2 is 2.08 bits per heavy atom. The third-order valence-corrected chi connectivity index (χ3v) is 4.10. The fourth-order valence-corrected chi connectivity index (χ4v) is 2.75. The predicted molar refractivity (Wildman–Crippen MR) is 95.5 cm³/mol. The van der Waals surface area contributed by atoms with Gasteiger partial charge in [-0.05, 0) is 36.8 Å². The standard InChI is InChI=1S/C18H16N6O/c1-12-9-24(10-14(12)11-25)17-5-6-19-18(22-17)21-15-3-4-16-13(7-15)8-20-23(16)2/h3-11H,1-2H3,(H,19,21,22). The molecule has 0 aliphatic heterocycles. The minimum Gasteiger partial charge on any atom is -0.324 e. The lowest BCUT2D eigenvalue weighted by Gasteiger charge is -2.07. The van der Waals surface area contributed by atoms with E-state index in [1.807, 2.05) is 53.8 Å². The van der Waals surface area contributed by atoms with Crippen molar-refractivity contribution in [3.05, 3.63) is 60.2 Å². The number of nitrogens with one attached hydrogen (secondary N) is 1. The van der Waals surface area contributed by atoms with Crippen molar-refractivity contribution < 1.29 is 4.79 Å². The molecule has 0 aliphatic carbocycles. The number of hydrogen-bond acceptors (Lipinski definition) is 5. The number of aldehydes is 1. The molecule has 4 rings (SSSR count). The minimum atomic E-state index is 0.486. The van der Waals surface area contributed by atoms with Crippen LogP contribution in [0.5, 0.6) is 0 Å². The number of anilines is 2. The molecular formula is C18H16N6O. The number of aromatic nitrogens is 5. The monoisotopic (exact) mass is 332 g/mol. The molecule has 1 N–H and O–H groups in total. The topological polar surface area (TPSA) is 77.6 Å². The fourth-order valence-electron chi connectivity index (χ4n) is 2.75. The van der Waals surface area contributed by atoms with Crippen molar-refractivity contribution in [3.63, 3.8) is 0 Å². The average molecular weight is 332 g/mol. The van der Waals surface area contributed by atoms with Gasteiger partial charge in [0.1, 0.15) is 5.82 Å². The Bertz CT molecular complexity index is 1080. The summed E-state index contributed by atoms with van der Waals surface area (Å²) in [6.07, 6.45) is 7.98. The predicted octanol–water partition coefficient (Wildman–Crippen LogP) is 3.02. The Morgan fingerprint density at radius 3 is 2.88 bits per heavy atom. The van der Waals surface area contributed by atoms with E-state index in [1.165, 1.54) is 0 Å². The zero-order valence-electron chi connectivity index (χ0n) is 13.8. The molecule has 1 aromatic carbocycles. The zero-order valence-corrected chi connectivity index (χ0v) is 13.8. The van der Waals surface area contributed by atoms with Crippen LogP contribution in [0.3, 0.4) is 0 Å². The number of aryl methyl sites for hydroxylation is 2. The molecule has 25 heavy (non-hydrogen) atoms. The zero-order chi connectivity index (χ0) is 17.4. The molecule has 3 aromatic heterocycles. The van der Waals surface area contributed by atoms with Crippen LogP contribution in [0, 0.1) is 6.92 Å². The molecule has 0 bridgehead atoms. The van der Waals surface area contributed by atoms with E-state index < -0.39 is 0 Å². The van der Waals surface area contributed by atoms with Crippen molar-refractivity contribution in [3.8, 4) is 5.82 Å². The van der Waals surface area contributed by atoms with E-state index in [9.17, 15) is 4.79 Å². The Balaban J connectivity index is 1.65. The lowest BCUT2D eigenvalue weighted by atomic mass is 10.2. The average Bonchev–Trinajstić information content (AvgIpc) is 3.18. The van der Waals surface area contributed by atoms with Gasteiger partial charge in [-0.1, -0.05) is 0 Å². The SMILES string of the molecule is Cc1cn(-c2ccnc(Nc3ccc4c(cnn4C)c3)n2)cc1C=O. The molecule has 0 spiro atoms. The minimum absolute atomic E-state index is 0.486. The van der Waals surface area contributed by atoms with Crippen LogP contribution in [0.15, 0.2) is 49.1 Å². The van der Waals surface area contributed by atoms with Gasteiger partial charge in [-0.2, -0.15) is 10.1 Å². The second kappa shape index (κ2) is 5.86. The van der Waals surface area contributed by atoms with Gasteiger partial charge in [0.05, 0.1) is 11.7 Å². The van der Waals surface area contributed by atoms with Gasteiger partial charge in [0.2, 0.25) is 5.95 Å². The van der Waals surface area contributed by atoms with Crippen molar-refractivity contribution in [2.24, 2.45) is 7.05 Å². The number of carbonyl (C=O) groups excluding carboxylic acids is 1. The van der Waals surface area contributed by atoms with Gasteiger partial charge >= 0.3 is 0 Å². The first kappa shape index (κ1) is 15.1. The highest BCUT2D eigenvalue weighted by Gasteiger charge is 2.07. The van der Waals surface area contributed by atoms with Gasteiger partial charge in [-0.3, -0.25) is 9.48 Å². The lowest BCUT2D eigenvalue weighted by Crippen LogP contribution is -2.01. The van der Waals surface area contributed by atoms with E-state index in [4.69, 9.17) is 0 Å². The second-order valence-corrected chi connectivity index (χ2v) is 5.83. The summed E-state index contributed by atoms with van der Waals surface area (Å²) in [5.74, 6) is 1.18. The summed E-state index contributed by atoms with van der Waals surface area (Å²) in [4.78, 5) is 19.8. The van der Waals surface area contributed by atoms with Gasteiger partial charge in [0.15, 0.2) is 6.29 Å². The van der Waals surface area contributed by atoms with Crippen molar-refractivity contribution in [2.45, 2.75) is 6.92 Å². The van der Waals surface area contributed by atoms with Gasteiger partial charge in [-0.15, -0.1) is 0 Å². The Hall–Kier alpha value is -3.48. The first-order chi connectivity index (χ1) is 12.1. The molecule has 3 heterocycles. The molecule has 0 atom stereocenters. The lowest BCUT2D eigenvalue weighted by molar-refractivity contribution is 0.112. The summed E-state index contributed by atoms with van der Waals surface area (Å²) in [6.45, 7) is 1.89. The van der Waals surface area contributed by atoms with E-state index in [1.54, 1.807) is 18.5 Å². The van der Waals surface area contributed by atoms with E-state index in [-0.39, 0.29) is 0 Å². The molecule has 0 aliphatic rings. The van der Waals surface area contributed by atoms with E-state index in [0.29, 0.717) is 17.3 Å². The molecule has 0 radical (unpaired) electrons. The number of nitrogens with zero attached hydrogens (tertiary/aromatic N) is 5. The van der Waals surface area contributed by atoms with Gasteiger partial charge in [-0.25, -0.2) is 4.98 Å². The summed E-state index contributed by atoms with van der Waals surface area (Å²) in [6, 6.07) is 7.76. The van der Waals surface area contributed by atoms with E-state index in [0.717, 1.165) is 28.4 Å². The van der Waals surface area contributed by atoms with Crippen LogP contribution in [0.1, 0.15) is 15.9 Å². The second-order valence-electron chi connectivity index (χ2n) is 5.83. The number of rotatable bonds is 4. The van der Waals surface area contributed by atoms with E-state index >= 15 is 0 Å². The van der Waals surface area contributed by atoms with E-state index in [2.05, 4.69) is 20.4 Å². The normalized spacial score (nSPS) is 11.0. The first-order valence-electron chi connectivity index (χ1n) is 7.80. The molecule has 0 saturated carbocycles. The molecule has 7 nitrogen and oxygen atoms in total. The number of carbonyl (C=O) groups is 1. The highest BCUT2D eigenvalue weighted by molar-refractivity contribution is 5.83. The third-order valence-electron chi connectivity index (χ3n) is 4.10. The highest BCUT2D eigenvalue weighted by atomic mass is 16.1. The van der Waals surface area contributed by atoms with Gasteiger partial charge in [0.25, 0.3) is 0 Å². The summed E-state index contributed by atoms with van der Waals surface area (Å²) >= 11 is 0. The van der Waals surface area contributed by atoms with Crippen molar-refractivity contribution in [1.29, 1.82) is 0 Å². The van der Waals surface area contributed by atoms with Gasteiger partial charge < -0.3 is 9.88 Å². The van der Waals surface area contributed by atoms with Crippen molar-refractivity contribution in [1.82, 2.24) is 24.3 Å². The van der Waals surface area contributed by atoms with Crippen LogP contribution in [-0.2, 0) is 7.05 Å². The highest BCUT2D eigenvalue weighted by Crippen LogP contribution is 2.21. The molecule has 7 heteroatoms. The quantitative estimate of drug-likeness (QED) is 0.581. The summed E-state index contributed by atoms with van der Waals surface area (Å²) < 4.78 is 3.64. The number of benzene rings is 1. The summed E-state index contributed by atoms with van der Waals surface area (Å²) in [5, 5.41) is 8.49. The Kier molecular flexibility index (Phi) is 3.53. The number of fused-ring (bicyclic) bond motifs is 1. The largest absolute Gasteiger partial charge is 0.324 e. The maximum Gasteiger partial charge on any atom is 0.229 e. The Morgan fingerprint density at radius 1 is 1.20 bits per heavy atom. The fraction of sp³-hybridized carbons (Fsp3) is 0.111. The molecule has 0 fully saturated rings. The smallest absolute Gasteiger partial charge is 0.229 e. The third kappa shape index (κ3) is 2.76. The van der Waals surface area contributed by atoms with Crippen LogP contribution in [0.25, 0.3) is 16.7 Å². The van der Waals surface area contributed by atoms with Crippen LogP contribution < -0.4 is 5.32 Å². The van der Waals surface area contributed by atoms with Crippen LogP contribution in [0.2, 0.25) is 0 Å². The molecule has 124 valence electrons. The molecular weight excluding hydrogens is 316 g/mol. The van der Waals surface area contributed by atoms with Crippen molar-refractivity contribution >= 4 is 28.8 Å². The van der Waals surface area contributed by atoms with Crippen LogP contribution in [-0.4, -0.2) is 30.6 Å². The van der Waals surface area contributed by atoms with Crippen molar-refractivity contribution in [2.75, 3.05) is 5.32 Å². The molecule has 0 amide bonds. The molecule has 0 saturated heterocycles. The van der Waals surface area contributed by atoms with Crippen LogP contribution >= 0.6 is 0 Å². The summed E-state index contributed by atoms with van der Waals surface area (Å²) in [5.41, 5.74) is 3.50. The molecule has 4 aromatic rings. The molecule has 0 unspecified atom stereocenters. The van der Waals surface area contributed by atoms with Crippen LogP contribution in [0.4, 0.5) is 11.6 Å². The summed E-state index contributed by atoms with van der Waals surface area (Å²) in [7, 11) is 1.91.